The number of imidazole rings is 1. The third-order valence-electron chi connectivity index (χ3n) is 4.31. The molecule has 0 aromatic carbocycles. The van der Waals surface area contributed by atoms with E-state index in [2.05, 4.69) is 31.5 Å². The number of pyridine rings is 1. The molecular formula is C14H15BrN4O. The van der Waals surface area contributed by atoms with Gasteiger partial charge in [-0.2, -0.15) is 0 Å². The van der Waals surface area contributed by atoms with Crippen LogP contribution in [0, 0.1) is 0 Å². The summed E-state index contributed by atoms with van der Waals surface area (Å²) in [5.41, 5.74) is 1.44. The first-order chi connectivity index (χ1) is 9.69. The normalized spacial score (nSPS) is 28.1. The number of amides is 1. The number of aromatic nitrogens is 2. The van der Waals surface area contributed by atoms with Gasteiger partial charge in [0.1, 0.15) is 10.3 Å². The summed E-state index contributed by atoms with van der Waals surface area (Å²) < 4.78 is 2.66. The van der Waals surface area contributed by atoms with Crippen molar-refractivity contribution in [3.05, 3.63) is 34.7 Å². The van der Waals surface area contributed by atoms with E-state index >= 15 is 0 Å². The Morgan fingerprint density at radius 2 is 2.40 bits per heavy atom. The summed E-state index contributed by atoms with van der Waals surface area (Å²) in [6, 6.07) is 4.96. The number of carbonyl (C=O) groups excluding carboxylic acids is 1. The van der Waals surface area contributed by atoms with Crippen LogP contribution in [0.4, 0.5) is 0 Å². The number of rotatable bonds is 2. The number of hydrogen-bond donors (Lipinski definition) is 2. The average molecular weight is 335 g/mol. The number of hydrogen-bond acceptors (Lipinski definition) is 3. The van der Waals surface area contributed by atoms with Crippen molar-refractivity contribution in [1.29, 1.82) is 0 Å². The Hall–Kier alpha value is -1.40. The van der Waals surface area contributed by atoms with E-state index < -0.39 is 0 Å². The molecule has 0 unspecified atom stereocenters. The second kappa shape index (κ2) is 4.56. The van der Waals surface area contributed by atoms with Gasteiger partial charge >= 0.3 is 0 Å². The van der Waals surface area contributed by atoms with E-state index in [1.165, 1.54) is 12.8 Å². The van der Waals surface area contributed by atoms with Gasteiger partial charge in [0.25, 0.3) is 5.91 Å². The maximum Gasteiger partial charge on any atom is 0.251 e. The van der Waals surface area contributed by atoms with Gasteiger partial charge in [-0.05, 0) is 47.3 Å². The summed E-state index contributed by atoms with van der Waals surface area (Å²) in [5, 5.41) is 6.68. The minimum absolute atomic E-state index is 0.00836. The highest BCUT2D eigenvalue weighted by atomic mass is 79.9. The van der Waals surface area contributed by atoms with Crippen LogP contribution in [0.1, 0.15) is 29.6 Å². The molecule has 6 heteroatoms. The molecule has 2 saturated heterocycles. The molecule has 5 nitrogen and oxygen atoms in total. The van der Waals surface area contributed by atoms with Gasteiger partial charge in [-0.1, -0.05) is 0 Å². The van der Waals surface area contributed by atoms with Crippen LogP contribution in [-0.4, -0.2) is 33.4 Å². The molecule has 4 rings (SSSR count). The number of nitrogens with zero attached hydrogens (tertiary/aromatic N) is 2. The minimum atomic E-state index is -0.00836. The summed E-state index contributed by atoms with van der Waals surface area (Å²) >= 11 is 3.34. The predicted octanol–water partition coefficient (Wildman–Crippen LogP) is 1.72. The van der Waals surface area contributed by atoms with Crippen molar-refractivity contribution < 1.29 is 4.79 Å². The molecule has 20 heavy (non-hydrogen) atoms. The van der Waals surface area contributed by atoms with Crippen molar-refractivity contribution in [2.24, 2.45) is 0 Å². The minimum Gasteiger partial charge on any atom is -0.348 e. The maximum absolute atomic E-state index is 12.3. The van der Waals surface area contributed by atoms with Gasteiger partial charge in [-0.15, -0.1) is 0 Å². The van der Waals surface area contributed by atoms with Gasteiger partial charge in [0.05, 0.1) is 0 Å². The molecule has 1 amide bonds. The molecule has 104 valence electrons. The van der Waals surface area contributed by atoms with Crippen LogP contribution < -0.4 is 10.6 Å². The van der Waals surface area contributed by atoms with Gasteiger partial charge in [0.15, 0.2) is 0 Å². The van der Waals surface area contributed by atoms with Crippen LogP contribution in [0.2, 0.25) is 0 Å². The van der Waals surface area contributed by atoms with Gasteiger partial charge in [-0.3, -0.25) is 4.79 Å². The Kier molecular flexibility index (Phi) is 2.82. The molecule has 0 spiro atoms. The number of halogens is 1. The third-order valence-corrected chi connectivity index (χ3v) is 4.69. The van der Waals surface area contributed by atoms with Crippen LogP contribution in [0.3, 0.4) is 0 Å². The monoisotopic (exact) mass is 334 g/mol. The van der Waals surface area contributed by atoms with Crippen molar-refractivity contribution in [2.75, 3.05) is 0 Å². The first-order valence-electron chi connectivity index (χ1n) is 6.90. The molecule has 2 aromatic rings. The van der Waals surface area contributed by atoms with Crippen molar-refractivity contribution in [3.63, 3.8) is 0 Å². The van der Waals surface area contributed by atoms with Gasteiger partial charge in [-0.25, -0.2) is 4.98 Å². The Morgan fingerprint density at radius 3 is 3.15 bits per heavy atom. The summed E-state index contributed by atoms with van der Waals surface area (Å²) in [4.78, 5) is 16.7. The van der Waals surface area contributed by atoms with Crippen molar-refractivity contribution in [1.82, 2.24) is 20.0 Å². The number of nitrogens with one attached hydrogen (secondary N) is 2. The number of carbonyl (C=O) groups is 1. The molecule has 2 aliphatic rings. The molecule has 2 aliphatic heterocycles. The van der Waals surface area contributed by atoms with Crippen LogP contribution in [-0.2, 0) is 0 Å². The van der Waals surface area contributed by atoms with E-state index in [9.17, 15) is 4.79 Å². The zero-order chi connectivity index (χ0) is 13.7. The van der Waals surface area contributed by atoms with Crippen LogP contribution in [0.25, 0.3) is 5.65 Å². The molecule has 2 bridgehead atoms. The van der Waals surface area contributed by atoms with E-state index in [-0.39, 0.29) is 11.9 Å². The summed E-state index contributed by atoms with van der Waals surface area (Å²) in [7, 11) is 0. The predicted molar refractivity (Wildman–Crippen MR) is 78.7 cm³/mol. The largest absolute Gasteiger partial charge is 0.348 e. The highest BCUT2D eigenvalue weighted by Gasteiger charge is 2.39. The highest BCUT2D eigenvalue weighted by molar-refractivity contribution is 9.10. The van der Waals surface area contributed by atoms with E-state index in [0.717, 1.165) is 16.7 Å². The van der Waals surface area contributed by atoms with Gasteiger partial charge < -0.3 is 15.0 Å². The fraction of sp³-hybridized carbons (Fsp3) is 0.429. The lowest BCUT2D eigenvalue weighted by Crippen LogP contribution is -2.42. The Bertz CT molecular complexity index is 683. The van der Waals surface area contributed by atoms with Crippen LogP contribution in [0.5, 0.6) is 0 Å². The van der Waals surface area contributed by atoms with E-state index in [4.69, 9.17) is 0 Å². The average Bonchev–Trinajstić information content (AvgIpc) is 3.10. The molecule has 0 radical (unpaired) electrons. The van der Waals surface area contributed by atoms with Crippen molar-refractivity contribution >= 4 is 27.5 Å². The molecule has 3 atom stereocenters. The molecule has 0 saturated carbocycles. The fourth-order valence-electron chi connectivity index (χ4n) is 3.33. The lowest BCUT2D eigenvalue weighted by molar-refractivity contribution is 0.0931. The zero-order valence-electron chi connectivity index (χ0n) is 10.8. The smallest absolute Gasteiger partial charge is 0.251 e. The van der Waals surface area contributed by atoms with Crippen molar-refractivity contribution in [2.45, 2.75) is 37.4 Å². The molecule has 2 fully saturated rings. The van der Waals surface area contributed by atoms with E-state index in [1.54, 1.807) is 0 Å². The first-order valence-corrected chi connectivity index (χ1v) is 7.69. The molecular weight excluding hydrogens is 320 g/mol. The second-order valence-corrected chi connectivity index (χ2v) is 6.42. The Labute approximate surface area is 124 Å². The lowest BCUT2D eigenvalue weighted by Gasteiger charge is -2.21. The van der Waals surface area contributed by atoms with Crippen LogP contribution >= 0.6 is 15.9 Å². The lowest BCUT2D eigenvalue weighted by atomic mass is 9.95. The topological polar surface area (TPSA) is 58.4 Å². The zero-order valence-corrected chi connectivity index (χ0v) is 12.4. The van der Waals surface area contributed by atoms with Gasteiger partial charge in [0.2, 0.25) is 0 Å². The molecule has 0 aliphatic carbocycles. The molecule has 2 N–H and O–H groups in total. The summed E-state index contributed by atoms with van der Waals surface area (Å²) in [6.45, 7) is 0. The van der Waals surface area contributed by atoms with Crippen LogP contribution in [0.15, 0.2) is 29.1 Å². The highest BCUT2D eigenvalue weighted by Crippen LogP contribution is 2.28. The Balaban J connectivity index is 1.54. The maximum atomic E-state index is 12.3. The standard InChI is InChI=1S/C14H15BrN4O/c15-12-7-19-4-3-8(5-13(19)18-12)14(20)17-11-6-9-1-2-10(11)16-9/h3-5,7,9-11,16H,1-2,6H2,(H,17,20)/t9-,10+,11-/m1/s1. The fourth-order valence-corrected chi connectivity index (χ4v) is 3.73. The third kappa shape index (κ3) is 2.03. The van der Waals surface area contributed by atoms with E-state index in [0.29, 0.717) is 17.6 Å². The van der Waals surface area contributed by atoms with Crippen molar-refractivity contribution in [3.8, 4) is 0 Å². The SMILES string of the molecule is O=C(N[C@@H]1C[C@H]2CC[C@@H]1N2)c1ccn2cc(Br)nc2c1. The Morgan fingerprint density at radius 1 is 1.50 bits per heavy atom. The quantitative estimate of drug-likeness (QED) is 0.879. The van der Waals surface area contributed by atoms with Gasteiger partial charge in [0, 0.05) is 36.1 Å². The second-order valence-electron chi connectivity index (χ2n) is 5.61. The number of fused-ring (bicyclic) bond motifs is 3. The molecule has 4 heterocycles. The molecule has 2 aromatic heterocycles. The van der Waals surface area contributed by atoms with E-state index in [1.807, 2.05) is 28.9 Å². The summed E-state index contributed by atoms with van der Waals surface area (Å²) in [6.07, 6.45) is 7.19. The first kappa shape index (κ1) is 12.3. The summed E-state index contributed by atoms with van der Waals surface area (Å²) in [5.74, 6) is -0.00836.